The molecule has 0 spiro atoms. The summed E-state index contributed by atoms with van der Waals surface area (Å²) in [7, 11) is 0. The van der Waals surface area contributed by atoms with E-state index in [1.807, 2.05) is 97.4 Å². The Balaban J connectivity index is 1.41. The molecule has 0 radical (unpaired) electrons. The Morgan fingerprint density at radius 2 is 1.81 bits per heavy atom. The molecule has 31 heavy (non-hydrogen) atoms. The first-order valence-electron chi connectivity index (χ1n) is 10.1. The molecule has 3 heterocycles. The lowest BCUT2D eigenvalue weighted by Crippen LogP contribution is -2.13. The average Bonchev–Trinajstić information content (AvgIpc) is 3.39. The van der Waals surface area contributed by atoms with E-state index in [9.17, 15) is 4.79 Å². The fourth-order valence-electron chi connectivity index (χ4n) is 3.71. The van der Waals surface area contributed by atoms with Crippen molar-refractivity contribution < 1.29 is 4.79 Å². The van der Waals surface area contributed by atoms with Crippen LogP contribution in [0.25, 0.3) is 22.6 Å². The highest BCUT2D eigenvalue weighted by atomic mass is 16.1. The number of benzene rings is 2. The van der Waals surface area contributed by atoms with Gasteiger partial charge in [0.15, 0.2) is 0 Å². The van der Waals surface area contributed by atoms with E-state index in [1.165, 1.54) is 0 Å². The van der Waals surface area contributed by atoms with Gasteiger partial charge in [0.25, 0.3) is 5.91 Å². The normalized spacial score (nSPS) is 11.0. The summed E-state index contributed by atoms with van der Waals surface area (Å²) in [5.41, 5.74) is 6.80. The number of anilines is 1. The van der Waals surface area contributed by atoms with Gasteiger partial charge in [-0.15, -0.1) is 0 Å². The SMILES string of the molecule is Cc1cccn2cc(-c3cccc(NC(=O)c4cnn(-c5ccccc5)c4C)c3)nc12. The van der Waals surface area contributed by atoms with Gasteiger partial charge in [0.05, 0.1) is 28.8 Å². The third-order valence-electron chi connectivity index (χ3n) is 5.35. The van der Waals surface area contributed by atoms with Crippen LogP contribution in [-0.2, 0) is 0 Å². The van der Waals surface area contributed by atoms with Gasteiger partial charge in [0.1, 0.15) is 5.65 Å². The van der Waals surface area contributed by atoms with Crippen LogP contribution in [0.5, 0.6) is 0 Å². The summed E-state index contributed by atoms with van der Waals surface area (Å²) < 4.78 is 3.78. The number of nitrogens with one attached hydrogen (secondary N) is 1. The van der Waals surface area contributed by atoms with Crippen LogP contribution in [0.4, 0.5) is 5.69 Å². The highest BCUT2D eigenvalue weighted by Crippen LogP contribution is 2.24. The zero-order valence-corrected chi connectivity index (χ0v) is 17.3. The lowest BCUT2D eigenvalue weighted by Gasteiger charge is -2.07. The van der Waals surface area contributed by atoms with Crippen LogP contribution in [0.3, 0.4) is 0 Å². The van der Waals surface area contributed by atoms with E-state index in [0.29, 0.717) is 11.3 Å². The largest absolute Gasteiger partial charge is 0.322 e. The third kappa shape index (κ3) is 3.48. The molecule has 0 aliphatic carbocycles. The molecule has 1 N–H and O–H groups in total. The molecule has 6 heteroatoms. The van der Waals surface area contributed by atoms with E-state index in [-0.39, 0.29) is 5.91 Å². The number of pyridine rings is 1. The first-order chi connectivity index (χ1) is 15.1. The van der Waals surface area contributed by atoms with Gasteiger partial charge in [-0.3, -0.25) is 4.79 Å². The summed E-state index contributed by atoms with van der Waals surface area (Å²) in [6.45, 7) is 3.94. The summed E-state index contributed by atoms with van der Waals surface area (Å²) in [5, 5.41) is 7.38. The van der Waals surface area contributed by atoms with E-state index >= 15 is 0 Å². The number of hydrogen-bond acceptors (Lipinski definition) is 3. The minimum Gasteiger partial charge on any atom is -0.322 e. The van der Waals surface area contributed by atoms with E-state index in [1.54, 1.807) is 10.9 Å². The average molecular weight is 407 g/mol. The summed E-state index contributed by atoms with van der Waals surface area (Å²) >= 11 is 0. The van der Waals surface area contributed by atoms with E-state index in [2.05, 4.69) is 10.4 Å². The van der Waals surface area contributed by atoms with Crippen LogP contribution < -0.4 is 5.32 Å². The minimum absolute atomic E-state index is 0.192. The van der Waals surface area contributed by atoms with Crippen LogP contribution in [0.15, 0.2) is 85.3 Å². The molecule has 2 aromatic carbocycles. The second-order valence-electron chi connectivity index (χ2n) is 7.47. The highest BCUT2D eigenvalue weighted by molar-refractivity contribution is 6.05. The number of aryl methyl sites for hydroxylation is 1. The van der Waals surface area contributed by atoms with Gasteiger partial charge < -0.3 is 9.72 Å². The minimum atomic E-state index is -0.192. The van der Waals surface area contributed by atoms with Gasteiger partial charge >= 0.3 is 0 Å². The van der Waals surface area contributed by atoms with Gasteiger partial charge in [-0.2, -0.15) is 5.10 Å². The van der Waals surface area contributed by atoms with Crippen molar-refractivity contribution in [3.8, 4) is 16.9 Å². The quantitative estimate of drug-likeness (QED) is 0.453. The van der Waals surface area contributed by atoms with Gasteiger partial charge in [-0.05, 0) is 49.7 Å². The number of para-hydroxylation sites is 1. The Morgan fingerprint density at radius 1 is 0.968 bits per heavy atom. The summed E-state index contributed by atoms with van der Waals surface area (Å²) in [4.78, 5) is 17.7. The molecule has 1 amide bonds. The second-order valence-corrected chi connectivity index (χ2v) is 7.47. The maximum Gasteiger partial charge on any atom is 0.259 e. The molecule has 0 fully saturated rings. The molecule has 0 bridgehead atoms. The Bertz CT molecular complexity index is 1400. The summed E-state index contributed by atoms with van der Waals surface area (Å²) in [6.07, 6.45) is 5.58. The molecule has 5 rings (SSSR count). The number of hydrogen-bond donors (Lipinski definition) is 1. The van der Waals surface area contributed by atoms with Gasteiger partial charge in [-0.25, -0.2) is 9.67 Å². The van der Waals surface area contributed by atoms with E-state index < -0.39 is 0 Å². The van der Waals surface area contributed by atoms with Crippen molar-refractivity contribution in [3.63, 3.8) is 0 Å². The highest BCUT2D eigenvalue weighted by Gasteiger charge is 2.16. The molecule has 0 aliphatic rings. The fourth-order valence-corrected chi connectivity index (χ4v) is 3.71. The van der Waals surface area contributed by atoms with Crippen molar-refractivity contribution in [3.05, 3.63) is 102 Å². The number of carbonyl (C=O) groups is 1. The Labute approximate surface area is 179 Å². The van der Waals surface area contributed by atoms with Gasteiger partial charge in [-0.1, -0.05) is 36.4 Å². The van der Waals surface area contributed by atoms with Crippen molar-refractivity contribution in [1.29, 1.82) is 0 Å². The van der Waals surface area contributed by atoms with E-state index in [0.717, 1.165) is 33.8 Å². The van der Waals surface area contributed by atoms with Crippen LogP contribution in [-0.4, -0.2) is 25.1 Å². The molecular weight excluding hydrogens is 386 g/mol. The first-order valence-corrected chi connectivity index (χ1v) is 10.1. The number of imidazole rings is 1. The lowest BCUT2D eigenvalue weighted by atomic mass is 10.1. The standard InChI is InChI=1S/C25H21N5O/c1-17-8-7-13-29-16-23(28-24(17)29)19-9-6-10-20(14-19)27-25(31)22-15-26-30(18(22)2)21-11-4-3-5-12-21/h3-16H,1-2H3,(H,27,31). The molecule has 5 aromatic rings. The van der Waals surface area contributed by atoms with Crippen molar-refractivity contribution in [2.75, 3.05) is 5.32 Å². The molecule has 6 nitrogen and oxygen atoms in total. The van der Waals surface area contributed by atoms with Crippen LogP contribution in [0, 0.1) is 13.8 Å². The number of aromatic nitrogens is 4. The van der Waals surface area contributed by atoms with Crippen LogP contribution >= 0.6 is 0 Å². The zero-order valence-electron chi connectivity index (χ0n) is 17.3. The maximum absolute atomic E-state index is 12.9. The molecule has 0 unspecified atom stereocenters. The molecular formula is C25H21N5O. The van der Waals surface area contributed by atoms with Crippen LogP contribution in [0.2, 0.25) is 0 Å². The first kappa shape index (κ1) is 18.8. The number of amides is 1. The monoisotopic (exact) mass is 407 g/mol. The molecule has 0 atom stereocenters. The van der Waals surface area contributed by atoms with E-state index in [4.69, 9.17) is 4.98 Å². The predicted octanol–water partition coefficient (Wildman–Crippen LogP) is 5.06. The number of rotatable bonds is 4. The summed E-state index contributed by atoms with van der Waals surface area (Å²) in [5.74, 6) is -0.192. The lowest BCUT2D eigenvalue weighted by molar-refractivity contribution is 0.102. The molecule has 152 valence electrons. The molecule has 0 saturated heterocycles. The zero-order chi connectivity index (χ0) is 21.4. The van der Waals surface area contributed by atoms with Crippen molar-refractivity contribution in [2.45, 2.75) is 13.8 Å². The second kappa shape index (κ2) is 7.57. The van der Waals surface area contributed by atoms with Crippen molar-refractivity contribution in [2.24, 2.45) is 0 Å². The topological polar surface area (TPSA) is 64.2 Å². The predicted molar refractivity (Wildman–Crippen MR) is 122 cm³/mol. The van der Waals surface area contributed by atoms with Gasteiger partial charge in [0, 0.05) is 23.6 Å². The molecule has 0 aliphatic heterocycles. The summed E-state index contributed by atoms with van der Waals surface area (Å²) in [6, 6.07) is 21.5. The Hall–Kier alpha value is -4.19. The van der Waals surface area contributed by atoms with Crippen molar-refractivity contribution >= 4 is 17.2 Å². The van der Waals surface area contributed by atoms with Gasteiger partial charge in [0.2, 0.25) is 0 Å². The Kier molecular flexibility index (Phi) is 4.59. The third-order valence-corrected chi connectivity index (χ3v) is 5.35. The smallest absolute Gasteiger partial charge is 0.259 e. The van der Waals surface area contributed by atoms with Crippen LogP contribution in [0.1, 0.15) is 21.6 Å². The molecule has 0 saturated carbocycles. The number of nitrogens with zero attached hydrogens (tertiary/aromatic N) is 4. The Morgan fingerprint density at radius 3 is 2.61 bits per heavy atom. The van der Waals surface area contributed by atoms with Crippen molar-refractivity contribution in [1.82, 2.24) is 19.2 Å². The number of carbonyl (C=O) groups excluding carboxylic acids is 1. The number of fused-ring (bicyclic) bond motifs is 1. The maximum atomic E-state index is 12.9. The fraction of sp³-hybridized carbons (Fsp3) is 0.0800. The molecule has 3 aromatic heterocycles.